The van der Waals surface area contributed by atoms with E-state index in [-0.39, 0.29) is 13.2 Å². The Balaban J connectivity index is 2.16. The Kier molecular flexibility index (Phi) is 5.85. The average Bonchev–Trinajstić information content (AvgIpc) is 3.03. The second kappa shape index (κ2) is 7.51. The van der Waals surface area contributed by atoms with Gasteiger partial charge in [-0.25, -0.2) is 13.2 Å². The standard InChI is InChI=1S/C20H33N3O7S/c1-12-9-22(17(25)21-15(12)24)16-13-14(29-19(5,6)7)20(30-16,11-28-18(2,3)4)10-23(13)31(8,26)27/h9,13-14,16H,10-11H2,1-8H3,(H,21,24,25)/t13-,14+,16?,20-/m1/s1. The molecule has 11 heteroatoms. The molecule has 2 bridgehead atoms. The van der Waals surface area contributed by atoms with E-state index in [1.807, 2.05) is 41.5 Å². The SMILES string of the molecule is Cc1cn(C2O[C@@]3(COC(C)(C)C)CN(S(C)(=O)=O)[C@@H]2[C@@H]3OC(C)(C)C)c(=O)[nH]c1=O. The summed E-state index contributed by atoms with van der Waals surface area (Å²) in [6.07, 6.45) is 0.841. The monoisotopic (exact) mass is 459 g/mol. The lowest BCUT2D eigenvalue weighted by molar-refractivity contribution is -0.189. The van der Waals surface area contributed by atoms with Crippen LogP contribution >= 0.6 is 0 Å². The molecule has 2 fully saturated rings. The third-order valence-electron chi connectivity index (χ3n) is 5.31. The molecule has 1 N–H and O–H groups in total. The maximum absolute atomic E-state index is 12.7. The summed E-state index contributed by atoms with van der Waals surface area (Å²) < 4.78 is 46.7. The highest BCUT2D eigenvalue weighted by atomic mass is 32.2. The third kappa shape index (κ3) is 4.80. The molecule has 0 amide bonds. The maximum atomic E-state index is 12.7. The highest BCUT2D eigenvalue weighted by molar-refractivity contribution is 7.88. The first-order valence-electron chi connectivity index (χ1n) is 10.2. The zero-order chi connectivity index (χ0) is 23.6. The number of morpholine rings is 1. The fraction of sp³-hybridized carbons (Fsp3) is 0.800. The van der Waals surface area contributed by atoms with E-state index in [9.17, 15) is 18.0 Å². The van der Waals surface area contributed by atoms with Crippen LogP contribution in [0.1, 0.15) is 53.3 Å². The van der Waals surface area contributed by atoms with Crippen molar-refractivity contribution < 1.29 is 22.6 Å². The van der Waals surface area contributed by atoms with Gasteiger partial charge in [-0.05, 0) is 48.5 Å². The minimum atomic E-state index is -3.66. The molecule has 31 heavy (non-hydrogen) atoms. The predicted octanol–water partition coefficient (Wildman–Crippen LogP) is 0.755. The quantitative estimate of drug-likeness (QED) is 0.690. The molecule has 4 atom stereocenters. The van der Waals surface area contributed by atoms with E-state index in [4.69, 9.17) is 14.2 Å². The number of aryl methyl sites for hydroxylation is 1. The summed E-state index contributed by atoms with van der Waals surface area (Å²) in [6.45, 7) is 13.0. The first-order valence-corrected chi connectivity index (χ1v) is 12.1. The number of aromatic amines is 1. The van der Waals surface area contributed by atoms with Crippen LogP contribution in [0.15, 0.2) is 15.8 Å². The number of nitrogens with one attached hydrogen (secondary N) is 1. The lowest BCUT2D eigenvalue weighted by Gasteiger charge is -2.37. The molecule has 10 nitrogen and oxygen atoms in total. The van der Waals surface area contributed by atoms with Gasteiger partial charge in [0.15, 0.2) is 6.23 Å². The number of nitrogens with zero attached hydrogens (tertiary/aromatic N) is 2. The lowest BCUT2D eigenvalue weighted by Crippen LogP contribution is -2.52. The van der Waals surface area contributed by atoms with Crippen LogP contribution in [0.2, 0.25) is 0 Å². The molecule has 0 aliphatic carbocycles. The van der Waals surface area contributed by atoms with Gasteiger partial charge in [0, 0.05) is 18.3 Å². The van der Waals surface area contributed by atoms with Gasteiger partial charge in [0.25, 0.3) is 5.56 Å². The average molecular weight is 460 g/mol. The van der Waals surface area contributed by atoms with Crippen LogP contribution < -0.4 is 11.2 Å². The summed E-state index contributed by atoms with van der Waals surface area (Å²) in [4.78, 5) is 26.7. The first kappa shape index (κ1) is 24.1. The molecule has 176 valence electrons. The van der Waals surface area contributed by atoms with Crippen LogP contribution in [0.5, 0.6) is 0 Å². The van der Waals surface area contributed by atoms with Gasteiger partial charge < -0.3 is 14.2 Å². The molecule has 2 saturated heterocycles. The van der Waals surface area contributed by atoms with Crippen molar-refractivity contribution in [1.29, 1.82) is 0 Å². The summed E-state index contributed by atoms with van der Waals surface area (Å²) in [5, 5.41) is 0. The number of hydrogen-bond acceptors (Lipinski definition) is 7. The van der Waals surface area contributed by atoms with Gasteiger partial charge in [-0.1, -0.05) is 0 Å². The normalized spacial score (nSPS) is 29.6. The molecule has 3 rings (SSSR count). The summed E-state index contributed by atoms with van der Waals surface area (Å²) in [6, 6.07) is -0.805. The number of hydrogen-bond donors (Lipinski definition) is 1. The fourth-order valence-corrected chi connectivity index (χ4v) is 5.13. The largest absolute Gasteiger partial charge is 0.373 e. The smallest absolute Gasteiger partial charge is 0.330 e. The number of rotatable bonds is 5. The number of H-pyrrole nitrogens is 1. The van der Waals surface area contributed by atoms with Crippen molar-refractivity contribution in [1.82, 2.24) is 13.9 Å². The molecule has 1 aromatic heterocycles. The van der Waals surface area contributed by atoms with Crippen molar-refractivity contribution in [3.05, 3.63) is 32.6 Å². The molecule has 2 aliphatic rings. The second-order valence-corrected chi connectivity index (χ2v) is 12.3. The number of ether oxygens (including phenoxy) is 3. The third-order valence-corrected chi connectivity index (χ3v) is 6.53. The number of aromatic nitrogens is 2. The number of fused-ring (bicyclic) bond motifs is 2. The topological polar surface area (TPSA) is 120 Å². The Hall–Kier alpha value is -1.53. The Morgan fingerprint density at radius 1 is 1.19 bits per heavy atom. The highest BCUT2D eigenvalue weighted by Gasteiger charge is 2.68. The fourth-order valence-electron chi connectivity index (χ4n) is 4.02. The van der Waals surface area contributed by atoms with E-state index >= 15 is 0 Å². The zero-order valence-corrected chi connectivity index (χ0v) is 20.2. The minimum Gasteiger partial charge on any atom is -0.373 e. The van der Waals surface area contributed by atoms with Crippen molar-refractivity contribution in [2.24, 2.45) is 0 Å². The van der Waals surface area contributed by atoms with Gasteiger partial charge in [-0.3, -0.25) is 14.3 Å². The van der Waals surface area contributed by atoms with Gasteiger partial charge in [-0.2, -0.15) is 4.31 Å². The van der Waals surface area contributed by atoms with E-state index < -0.39 is 56.4 Å². The van der Waals surface area contributed by atoms with Gasteiger partial charge >= 0.3 is 5.69 Å². The molecule has 0 saturated carbocycles. The summed E-state index contributed by atoms with van der Waals surface area (Å²) in [5.74, 6) is 0. The van der Waals surface area contributed by atoms with E-state index in [0.717, 1.165) is 6.26 Å². The predicted molar refractivity (Wildman–Crippen MR) is 115 cm³/mol. The summed E-state index contributed by atoms with van der Waals surface area (Å²) >= 11 is 0. The molecule has 0 radical (unpaired) electrons. The van der Waals surface area contributed by atoms with Crippen LogP contribution in [-0.4, -0.2) is 70.6 Å². The Bertz CT molecular complexity index is 1060. The van der Waals surface area contributed by atoms with Crippen molar-refractivity contribution in [2.45, 2.75) is 83.6 Å². The number of sulfonamides is 1. The lowest BCUT2D eigenvalue weighted by atomic mass is 9.98. The van der Waals surface area contributed by atoms with Crippen molar-refractivity contribution in [3.63, 3.8) is 0 Å². The Morgan fingerprint density at radius 3 is 2.32 bits per heavy atom. The van der Waals surface area contributed by atoms with Gasteiger partial charge in [0.1, 0.15) is 11.7 Å². The van der Waals surface area contributed by atoms with E-state index in [0.29, 0.717) is 5.56 Å². The maximum Gasteiger partial charge on any atom is 0.330 e. The van der Waals surface area contributed by atoms with Crippen molar-refractivity contribution in [3.8, 4) is 0 Å². The molecule has 1 aromatic rings. The minimum absolute atomic E-state index is 0.0426. The molecule has 3 heterocycles. The van der Waals surface area contributed by atoms with Crippen LogP contribution in [0.3, 0.4) is 0 Å². The van der Waals surface area contributed by atoms with Crippen molar-refractivity contribution in [2.75, 3.05) is 19.4 Å². The molecule has 0 aromatic carbocycles. The summed E-state index contributed by atoms with van der Waals surface area (Å²) in [5.41, 5.74) is -3.09. The Labute approximate surface area is 182 Å². The highest BCUT2D eigenvalue weighted by Crippen LogP contribution is 2.50. The van der Waals surface area contributed by atoms with Crippen molar-refractivity contribution >= 4 is 10.0 Å². The van der Waals surface area contributed by atoms with Crippen LogP contribution in [0.4, 0.5) is 0 Å². The molecule has 2 aliphatic heterocycles. The van der Waals surface area contributed by atoms with Crippen LogP contribution in [0, 0.1) is 6.92 Å². The van der Waals surface area contributed by atoms with E-state index in [1.165, 1.54) is 15.1 Å². The van der Waals surface area contributed by atoms with E-state index in [1.54, 1.807) is 6.92 Å². The van der Waals surface area contributed by atoms with Gasteiger partial charge in [-0.15, -0.1) is 0 Å². The summed E-state index contributed by atoms with van der Waals surface area (Å²) in [7, 11) is -3.66. The Morgan fingerprint density at radius 2 is 1.81 bits per heavy atom. The first-order chi connectivity index (χ1) is 13.9. The molecule has 1 unspecified atom stereocenters. The zero-order valence-electron chi connectivity index (χ0n) is 19.4. The van der Waals surface area contributed by atoms with Gasteiger partial charge in [0.05, 0.1) is 30.1 Å². The van der Waals surface area contributed by atoms with E-state index in [2.05, 4.69) is 4.98 Å². The van der Waals surface area contributed by atoms with Gasteiger partial charge in [0.2, 0.25) is 10.0 Å². The second-order valence-electron chi connectivity index (χ2n) is 10.4. The molecular weight excluding hydrogens is 426 g/mol. The van der Waals surface area contributed by atoms with Crippen LogP contribution in [0.25, 0.3) is 0 Å². The molecule has 0 spiro atoms. The van der Waals surface area contributed by atoms with Crippen LogP contribution in [-0.2, 0) is 24.2 Å². The molecular formula is C20H33N3O7S.